The summed E-state index contributed by atoms with van der Waals surface area (Å²) in [7, 11) is 0. The number of hydrogen-bond donors (Lipinski definition) is 2. The van der Waals surface area contributed by atoms with Crippen LogP contribution >= 0.6 is 11.6 Å². The number of nitrogens with zero attached hydrogens (tertiary/aromatic N) is 2. The zero-order valence-corrected chi connectivity index (χ0v) is 15.6. The van der Waals surface area contributed by atoms with Crippen molar-refractivity contribution in [2.75, 3.05) is 38.0 Å². The van der Waals surface area contributed by atoms with Gasteiger partial charge in [0.05, 0.1) is 23.3 Å². The van der Waals surface area contributed by atoms with Gasteiger partial charge in [0, 0.05) is 26.2 Å². The largest absolute Gasteiger partial charge is 0.339 e. The van der Waals surface area contributed by atoms with Crippen LogP contribution in [0.3, 0.4) is 0 Å². The number of hydrogen-bond acceptors (Lipinski definition) is 4. The molecule has 1 heterocycles. The smallest absolute Gasteiger partial charge is 0.239 e. The summed E-state index contributed by atoms with van der Waals surface area (Å²) in [4.78, 5) is 28.3. The Morgan fingerprint density at radius 1 is 1.20 bits per heavy atom. The maximum Gasteiger partial charge on any atom is 0.239 e. The van der Waals surface area contributed by atoms with Crippen molar-refractivity contribution in [1.29, 1.82) is 0 Å². The summed E-state index contributed by atoms with van der Waals surface area (Å²) < 4.78 is 0. The highest BCUT2D eigenvalue weighted by atomic mass is 35.5. The Morgan fingerprint density at radius 2 is 1.84 bits per heavy atom. The first-order valence-electron chi connectivity index (χ1n) is 8.68. The van der Waals surface area contributed by atoms with E-state index in [2.05, 4.69) is 19.2 Å². The third kappa shape index (κ3) is 5.99. The van der Waals surface area contributed by atoms with E-state index >= 15 is 0 Å². The molecule has 1 atom stereocenters. The number of para-hydroxylation sites is 1. The number of halogens is 1. The minimum absolute atomic E-state index is 0.00821. The zero-order valence-electron chi connectivity index (χ0n) is 14.9. The predicted molar refractivity (Wildman–Crippen MR) is 101 cm³/mol. The molecule has 6 nitrogen and oxygen atoms in total. The van der Waals surface area contributed by atoms with Gasteiger partial charge in [0.15, 0.2) is 0 Å². The van der Waals surface area contributed by atoms with Crippen molar-refractivity contribution < 1.29 is 9.59 Å². The van der Waals surface area contributed by atoms with E-state index in [1.54, 1.807) is 17.0 Å². The number of rotatable bonds is 6. The second-order valence-corrected chi connectivity index (χ2v) is 7.27. The molecule has 0 spiro atoms. The molecule has 0 aliphatic carbocycles. The van der Waals surface area contributed by atoms with E-state index in [9.17, 15) is 9.59 Å². The molecule has 3 N–H and O–H groups in total. The van der Waals surface area contributed by atoms with Crippen LogP contribution in [0.25, 0.3) is 0 Å². The molecule has 0 aromatic heterocycles. The van der Waals surface area contributed by atoms with Crippen molar-refractivity contribution in [3.05, 3.63) is 29.3 Å². The Balaban J connectivity index is 1.77. The van der Waals surface area contributed by atoms with Crippen molar-refractivity contribution in [1.82, 2.24) is 9.80 Å². The SMILES string of the molecule is CC(C)C[C@H](N)C(=O)N1CCN(CC(=O)Nc2ccccc2Cl)CC1. The number of carbonyl (C=O) groups is 2. The van der Waals surface area contributed by atoms with Crippen LogP contribution in [0.2, 0.25) is 5.02 Å². The van der Waals surface area contributed by atoms with Gasteiger partial charge >= 0.3 is 0 Å². The highest BCUT2D eigenvalue weighted by Crippen LogP contribution is 2.20. The number of benzene rings is 1. The minimum Gasteiger partial charge on any atom is -0.339 e. The standard InChI is InChI=1S/C18H27ClN4O2/c1-13(2)11-15(20)18(25)23-9-7-22(8-10-23)12-17(24)21-16-6-4-3-5-14(16)19/h3-6,13,15H,7-12,20H2,1-2H3,(H,21,24)/t15-/m0/s1. The van der Waals surface area contributed by atoms with Crippen molar-refractivity contribution >= 4 is 29.1 Å². The van der Waals surface area contributed by atoms with Gasteiger partial charge in [0.25, 0.3) is 0 Å². The van der Waals surface area contributed by atoms with Crippen molar-refractivity contribution in [3.8, 4) is 0 Å². The van der Waals surface area contributed by atoms with Crippen molar-refractivity contribution in [2.45, 2.75) is 26.3 Å². The molecule has 1 aromatic rings. The normalized spacial score (nSPS) is 16.8. The van der Waals surface area contributed by atoms with Crippen LogP contribution in [0.1, 0.15) is 20.3 Å². The second kappa shape index (κ2) is 9.17. The molecule has 138 valence electrons. The molecular weight excluding hydrogens is 340 g/mol. The van der Waals surface area contributed by atoms with E-state index in [0.29, 0.717) is 49.2 Å². The van der Waals surface area contributed by atoms with E-state index in [-0.39, 0.29) is 18.4 Å². The fourth-order valence-electron chi connectivity index (χ4n) is 2.92. The number of nitrogens with two attached hydrogens (primary N) is 1. The molecule has 1 aliphatic heterocycles. The molecule has 0 bridgehead atoms. The predicted octanol–water partition coefficient (Wildman–Crippen LogP) is 1.80. The lowest BCUT2D eigenvalue weighted by molar-refractivity contribution is -0.134. The lowest BCUT2D eigenvalue weighted by atomic mass is 10.0. The Morgan fingerprint density at radius 3 is 2.44 bits per heavy atom. The molecule has 2 rings (SSSR count). The molecule has 0 saturated carbocycles. The third-order valence-electron chi connectivity index (χ3n) is 4.24. The van der Waals surface area contributed by atoms with Gasteiger partial charge in [-0.1, -0.05) is 37.6 Å². The third-order valence-corrected chi connectivity index (χ3v) is 4.57. The Hall–Kier alpha value is -1.63. The van der Waals surface area contributed by atoms with Gasteiger partial charge in [-0.05, 0) is 24.5 Å². The van der Waals surface area contributed by atoms with E-state index in [0.717, 1.165) is 0 Å². The van der Waals surface area contributed by atoms with Crippen LogP contribution in [-0.2, 0) is 9.59 Å². The lowest BCUT2D eigenvalue weighted by Crippen LogP contribution is -2.54. The molecule has 0 unspecified atom stereocenters. The number of anilines is 1. The first-order chi connectivity index (χ1) is 11.9. The molecule has 7 heteroatoms. The molecule has 1 fully saturated rings. The summed E-state index contributed by atoms with van der Waals surface area (Å²) in [6, 6.07) is 6.72. The van der Waals surface area contributed by atoms with Crippen LogP contribution in [-0.4, -0.2) is 60.4 Å². The van der Waals surface area contributed by atoms with E-state index in [1.807, 2.05) is 17.0 Å². The van der Waals surface area contributed by atoms with Crippen LogP contribution in [0.5, 0.6) is 0 Å². The number of piperazine rings is 1. The fourth-order valence-corrected chi connectivity index (χ4v) is 3.11. The van der Waals surface area contributed by atoms with E-state index in [1.165, 1.54) is 0 Å². The second-order valence-electron chi connectivity index (χ2n) is 6.87. The summed E-state index contributed by atoms with van der Waals surface area (Å²) in [6.45, 7) is 6.93. The maximum atomic E-state index is 12.3. The first-order valence-corrected chi connectivity index (χ1v) is 9.05. The van der Waals surface area contributed by atoms with Gasteiger partial charge in [-0.3, -0.25) is 14.5 Å². The Labute approximate surface area is 154 Å². The highest BCUT2D eigenvalue weighted by Gasteiger charge is 2.26. The van der Waals surface area contributed by atoms with Crippen LogP contribution in [0, 0.1) is 5.92 Å². The minimum atomic E-state index is -0.435. The van der Waals surface area contributed by atoms with E-state index in [4.69, 9.17) is 17.3 Å². The molecule has 1 aromatic carbocycles. The van der Waals surface area contributed by atoms with Gasteiger partial charge in [-0.15, -0.1) is 0 Å². The molecule has 1 saturated heterocycles. The molecular formula is C18H27ClN4O2. The Bertz CT molecular complexity index is 600. The molecule has 2 amide bonds. The average molecular weight is 367 g/mol. The van der Waals surface area contributed by atoms with Crippen LogP contribution in [0.4, 0.5) is 5.69 Å². The van der Waals surface area contributed by atoms with Gasteiger partial charge in [0.2, 0.25) is 11.8 Å². The van der Waals surface area contributed by atoms with Crippen LogP contribution in [0.15, 0.2) is 24.3 Å². The van der Waals surface area contributed by atoms with Crippen LogP contribution < -0.4 is 11.1 Å². The molecule has 1 aliphatic rings. The van der Waals surface area contributed by atoms with Gasteiger partial charge < -0.3 is 16.0 Å². The highest BCUT2D eigenvalue weighted by molar-refractivity contribution is 6.33. The average Bonchev–Trinajstić information content (AvgIpc) is 2.56. The zero-order chi connectivity index (χ0) is 18.4. The van der Waals surface area contributed by atoms with Gasteiger partial charge in [-0.25, -0.2) is 0 Å². The number of amides is 2. The monoisotopic (exact) mass is 366 g/mol. The van der Waals surface area contributed by atoms with Gasteiger partial charge in [0.1, 0.15) is 0 Å². The first kappa shape index (κ1) is 19.7. The number of carbonyl (C=O) groups excluding carboxylic acids is 2. The molecule has 25 heavy (non-hydrogen) atoms. The number of nitrogens with one attached hydrogen (secondary N) is 1. The topological polar surface area (TPSA) is 78.7 Å². The maximum absolute atomic E-state index is 12.3. The van der Waals surface area contributed by atoms with Gasteiger partial charge in [-0.2, -0.15) is 0 Å². The summed E-state index contributed by atoms with van der Waals surface area (Å²) in [5.41, 5.74) is 6.60. The lowest BCUT2D eigenvalue weighted by Gasteiger charge is -2.35. The summed E-state index contributed by atoms with van der Waals surface area (Å²) >= 11 is 6.05. The van der Waals surface area contributed by atoms with Crippen molar-refractivity contribution in [3.63, 3.8) is 0 Å². The summed E-state index contributed by atoms with van der Waals surface area (Å²) in [6.07, 6.45) is 0.694. The quantitative estimate of drug-likeness (QED) is 0.804. The molecule has 0 radical (unpaired) electrons. The summed E-state index contributed by atoms with van der Waals surface area (Å²) in [5, 5.41) is 3.34. The fraction of sp³-hybridized carbons (Fsp3) is 0.556. The summed E-state index contributed by atoms with van der Waals surface area (Å²) in [5.74, 6) is 0.298. The van der Waals surface area contributed by atoms with E-state index < -0.39 is 6.04 Å². The van der Waals surface area contributed by atoms with Crippen molar-refractivity contribution in [2.24, 2.45) is 11.7 Å². The Kier molecular flexibility index (Phi) is 7.23.